The minimum Gasteiger partial charge on any atom is -0.309 e. The van der Waals surface area contributed by atoms with Crippen LogP contribution in [0.2, 0.25) is 0 Å². The van der Waals surface area contributed by atoms with E-state index in [2.05, 4.69) is 5.32 Å². The molecule has 2 rings (SSSR count). The van der Waals surface area contributed by atoms with Gasteiger partial charge in [0.1, 0.15) is 0 Å². The van der Waals surface area contributed by atoms with Crippen molar-refractivity contribution in [2.75, 3.05) is 19.6 Å². The fraction of sp³-hybridized carbons (Fsp3) is 0.500. The maximum atomic E-state index is 12.6. The SMILES string of the molecule is CC1(C)CN(S(=O)(=O)c2ccccc2[N+](=O)[O-])CCN1. The van der Waals surface area contributed by atoms with Crippen LogP contribution in [-0.4, -0.2) is 42.8 Å². The van der Waals surface area contributed by atoms with Gasteiger partial charge < -0.3 is 5.32 Å². The molecule has 0 radical (unpaired) electrons. The van der Waals surface area contributed by atoms with Crippen molar-refractivity contribution in [3.8, 4) is 0 Å². The quantitative estimate of drug-likeness (QED) is 0.663. The van der Waals surface area contributed by atoms with Crippen molar-refractivity contribution in [3.05, 3.63) is 34.4 Å². The molecule has 1 N–H and O–H groups in total. The van der Waals surface area contributed by atoms with Crippen LogP contribution in [-0.2, 0) is 10.0 Å². The lowest BCUT2D eigenvalue weighted by Gasteiger charge is -2.38. The Bertz CT molecular complexity index is 627. The Morgan fingerprint density at radius 2 is 2.00 bits per heavy atom. The molecule has 110 valence electrons. The summed E-state index contributed by atoms with van der Waals surface area (Å²) in [5.74, 6) is 0. The molecular weight excluding hydrogens is 282 g/mol. The Morgan fingerprint density at radius 1 is 1.35 bits per heavy atom. The highest BCUT2D eigenvalue weighted by Crippen LogP contribution is 2.27. The summed E-state index contributed by atoms with van der Waals surface area (Å²) < 4.78 is 26.5. The highest BCUT2D eigenvalue weighted by Gasteiger charge is 2.36. The number of para-hydroxylation sites is 1. The molecule has 1 aliphatic heterocycles. The van der Waals surface area contributed by atoms with Gasteiger partial charge in [0.25, 0.3) is 5.69 Å². The fourth-order valence-electron chi connectivity index (χ4n) is 2.27. The molecule has 0 unspecified atom stereocenters. The molecule has 1 aliphatic rings. The van der Waals surface area contributed by atoms with E-state index >= 15 is 0 Å². The Kier molecular flexibility index (Phi) is 3.81. The lowest BCUT2D eigenvalue weighted by atomic mass is 10.0. The smallest absolute Gasteiger partial charge is 0.289 e. The summed E-state index contributed by atoms with van der Waals surface area (Å²) in [5, 5.41) is 14.2. The zero-order chi connectivity index (χ0) is 15.0. The second-order valence-corrected chi connectivity index (χ2v) is 7.28. The highest BCUT2D eigenvalue weighted by atomic mass is 32.2. The predicted octanol–water partition coefficient (Wildman–Crippen LogP) is 0.967. The highest BCUT2D eigenvalue weighted by molar-refractivity contribution is 7.89. The van der Waals surface area contributed by atoms with E-state index in [1.165, 1.54) is 28.6 Å². The molecule has 1 saturated heterocycles. The molecule has 0 saturated carbocycles. The monoisotopic (exact) mass is 299 g/mol. The molecule has 20 heavy (non-hydrogen) atoms. The Hall–Kier alpha value is -1.51. The van der Waals surface area contributed by atoms with Gasteiger partial charge in [-0.2, -0.15) is 4.31 Å². The van der Waals surface area contributed by atoms with Crippen LogP contribution in [0.1, 0.15) is 13.8 Å². The number of rotatable bonds is 3. The van der Waals surface area contributed by atoms with E-state index in [9.17, 15) is 18.5 Å². The van der Waals surface area contributed by atoms with Crippen molar-refractivity contribution in [2.45, 2.75) is 24.3 Å². The molecule has 1 aromatic carbocycles. The van der Waals surface area contributed by atoms with Crippen LogP contribution in [0, 0.1) is 10.1 Å². The van der Waals surface area contributed by atoms with E-state index in [0.29, 0.717) is 13.1 Å². The molecule has 1 fully saturated rings. The molecule has 0 atom stereocenters. The van der Waals surface area contributed by atoms with E-state index in [-0.39, 0.29) is 22.7 Å². The third kappa shape index (κ3) is 2.82. The lowest BCUT2D eigenvalue weighted by molar-refractivity contribution is -0.387. The van der Waals surface area contributed by atoms with Crippen LogP contribution in [0.25, 0.3) is 0 Å². The number of nitrogens with one attached hydrogen (secondary N) is 1. The largest absolute Gasteiger partial charge is 0.309 e. The predicted molar refractivity (Wildman–Crippen MR) is 73.9 cm³/mol. The molecule has 0 aromatic heterocycles. The molecule has 1 heterocycles. The molecule has 0 amide bonds. The normalized spacial score (nSPS) is 19.7. The minimum absolute atomic E-state index is 0.247. The molecular formula is C12H17N3O4S. The van der Waals surface area contributed by atoms with Gasteiger partial charge in [0.15, 0.2) is 4.90 Å². The third-order valence-electron chi connectivity index (χ3n) is 3.22. The van der Waals surface area contributed by atoms with Crippen LogP contribution >= 0.6 is 0 Å². The maximum absolute atomic E-state index is 12.6. The first-order valence-electron chi connectivity index (χ1n) is 6.23. The molecule has 8 heteroatoms. The summed E-state index contributed by atoms with van der Waals surface area (Å²) in [7, 11) is -3.86. The Labute approximate surface area is 117 Å². The molecule has 0 bridgehead atoms. The first kappa shape index (κ1) is 14.9. The van der Waals surface area contributed by atoms with E-state index < -0.39 is 14.9 Å². The summed E-state index contributed by atoms with van der Waals surface area (Å²) >= 11 is 0. The van der Waals surface area contributed by atoms with E-state index in [4.69, 9.17) is 0 Å². The van der Waals surface area contributed by atoms with Gasteiger partial charge in [0, 0.05) is 31.2 Å². The zero-order valence-electron chi connectivity index (χ0n) is 11.4. The van der Waals surface area contributed by atoms with Crippen molar-refractivity contribution in [1.82, 2.24) is 9.62 Å². The first-order valence-corrected chi connectivity index (χ1v) is 7.67. The molecule has 0 aliphatic carbocycles. The lowest BCUT2D eigenvalue weighted by Crippen LogP contribution is -2.58. The third-order valence-corrected chi connectivity index (χ3v) is 5.11. The van der Waals surface area contributed by atoms with Crippen molar-refractivity contribution >= 4 is 15.7 Å². The molecule has 1 aromatic rings. The fourth-order valence-corrected chi connectivity index (χ4v) is 4.03. The van der Waals surface area contributed by atoms with Gasteiger partial charge in [0.2, 0.25) is 10.0 Å². The van der Waals surface area contributed by atoms with Crippen molar-refractivity contribution in [1.29, 1.82) is 0 Å². The van der Waals surface area contributed by atoms with E-state index in [0.717, 1.165) is 0 Å². The summed E-state index contributed by atoms with van der Waals surface area (Å²) in [6, 6.07) is 5.44. The van der Waals surface area contributed by atoms with E-state index in [1.54, 1.807) is 0 Å². The average Bonchev–Trinajstić information content (AvgIpc) is 2.37. The van der Waals surface area contributed by atoms with Crippen molar-refractivity contribution < 1.29 is 13.3 Å². The van der Waals surface area contributed by atoms with Gasteiger partial charge in [-0.05, 0) is 19.9 Å². The minimum atomic E-state index is -3.86. The summed E-state index contributed by atoms with van der Waals surface area (Å²) in [4.78, 5) is 10.1. The summed E-state index contributed by atoms with van der Waals surface area (Å²) in [5.41, 5.74) is -0.738. The number of nitro groups is 1. The average molecular weight is 299 g/mol. The number of piperazine rings is 1. The van der Waals surface area contributed by atoms with Crippen LogP contribution in [0.3, 0.4) is 0 Å². The van der Waals surface area contributed by atoms with E-state index in [1.807, 2.05) is 13.8 Å². The Morgan fingerprint density at radius 3 is 2.60 bits per heavy atom. The maximum Gasteiger partial charge on any atom is 0.289 e. The second-order valence-electron chi connectivity index (χ2n) is 5.37. The van der Waals surface area contributed by atoms with Gasteiger partial charge in [-0.25, -0.2) is 8.42 Å². The first-order chi connectivity index (χ1) is 9.24. The van der Waals surface area contributed by atoms with Crippen LogP contribution in [0.4, 0.5) is 5.69 Å². The van der Waals surface area contributed by atoms with Crippen LogP contribution < -0.4 is 5.32 Å². The van der Waals surface area contributed by atoms with Crippen molar-refractivity contribution in [3.63, 3.8) is 0 Å². The van der Waals surface area contributed by atoms with Gasteiger partial charge >= 0.3 is 0 Å². The topological polar surface area (TPSA) is 92.5 Å². The number of benzene rings is 1. The van der Waals surface area contributed by atoms with Gasteiger partial charge in [-0.1, -0.05) is 12.1 Å². The molecule has 0 spiro atoms. The molecule has 7 nitrogen and oxygen atoms in total. The van der Waals surface area contributed by atoms with Crippen LogP contribution in [0.15, 0.2) is 29.2 Å². The van der Waals surface area contributed by atoms with Gasteiger partial charge in [0.05, 0.1) is 4.92 Å². The standard InChI is InChI=1S/C12H17N3O4S/c1-12(2)9-14(8-7-13-12)20(18,19)11-6-4-3-5-10(11)15(16)17/h3-6,13H,7-9H2,1-2H3. The zero-order valence-corrected chi connectivity index (χ0v) is 12.2. The number of nitrogens with zero attached hydrogens (tertiary/aromatic N) is 2. The summed E-state index contributed by atoms with van der Waals surface area (Å²) in [6.07, 6.45) is 0. The van der Waals surface area contributed by atoms with Gasteiger partial charge in [-0.15, -0.1) is 0 Å². The second kappa shape index (κ2) is 5.12. The number of hydrogen-bond donors (Lipinski definition) is 1. The van der Waals surface area contributed by atoms with Crippen LogP contribution in [0.5, 0.6) is 0 Å². The number of hydrogen-bond acceptors (Lipinski definition) is 5. The van der Waals surface area contributed by atoms with Crippen molar-refractivity contribution in [2.24, 2.45) is 0 Å². The summed E-state index contributed by atoms with van der Waals surface area (Å²) in [6.45, 7) is 4.90. The number of sulfonamides is 1. The van der Waals surface area contributed by atoms with Gasteiger partial charge in [-0.3, -0.25) is 10.1 Å². The Balaban J connectivity index is 2.43. The number of nitro benzene ring substituents is 1.